The van der Waals surface area contributed by atoms with E-state index in [0.29, 0.717) is 36.3 Å². The molecule has 0 bridgehead atoms. The molecular formula is C13H16ClFO. The Morgan fingerprint density at radius 2 is 2.12 bits per heavy atom. The smallest absolute Gasteiger partial charge is 0.132 e. The molecule has 0 spiro atoms. The highest BCUT2D eigenvalue weighted by Gasteiger charge is 2.07. The predicted molar refractivity (Wildman–Crippen MR) is 64.3 cm³/mol. The fourth-order valence-electron chi connectivity index (χ4n) is 1.64. The zero-order valence-corrected chi connectivity index (χ0v) is 10.2. The molecule has 0 amide bonds. The van der Waals surface area contributed by atoms with Gasteiger partial charge < -0.3 is 0 Å². The van der Waals surface area contributed by atoms with Gasteiger partial charge in [0.05, 0.1) is 0 Å². The number of Topliss-reactive ketones (excluding diaryl/α,β-unsaturated/α-hetero) is 1. The molecule has 0 aromatic heterocycles. The van der Waals surface area contributed by atoms with Crippen molar-refractivity contribution in [2.75, 3.05) is 0 Å². The van der Waals surface area contributed by atoms with Crippen molar-refractivity contribution >= 4 is 17.4 Å². The summed E-state index contributed by atoms with van der Waals surface area (Å²) in [4.78, 5) is 11.3. The third-order valence-electron chi connectivity index (χ3n) is 2.47. The summed E-state index contributed by atoms with van der Waals surface area (Å²) < 4.78 is 13.4. The summed E-state index contributed by atoms with van der Waals surface area (Å²) in [5.41, 5.74) is 0.522. The largest absolute Gasteiger partial charge is 0.300 e. The van der Waals surface area contributed by atoms with Gasteiger partial charge >= 0.3 is 0 Å². The van der Waals surface area contributed by atoms with Crippen LogP contribution in [-0.2, 0) is 11.2 Å². The molecule has 88 valence electrons. The lowest BCUT2D eigenvalue weighted by Gasteiger charge is -2.05. The predicted octanol–water partition coefficient (Wildman–Crippen LogP) is 4.17. The standard InChI is InChI=1S/C13H16ClFO/c1-2-5-10(16)6-3-7-11-12(14)8-4-9-13(11)15/h4,8-9H,2-3,5-7H2,1H3. The topological polar surface area (TPSA) is 17.1 Å². The fourth-order valence-corrected chi connectivity index (χ4v) is 1.89. The third kappa shape index (κ3) is 3.93. The number of ketones is 1. The molecule has 0 radical (unpaired) electrons. The summed E-state index contributed by atoms with van der Waals surface area (Å²) in [6, 6.07) is 4.66. The molecule has 0 saturated heterocycles. The molecule has 0 aliphatic rings. The van der Waals surface area contributed by atoms with Gasteiger partial charge in [0.2, 0.25) is 0 Å². The van der Waals surface area contributed by atoms with Crippen LogP contribution in [0.2, 0.25) is 5.02 Å². The third-order valence-corrected chi connectivity index (χ3v) is 2.83. The van der Waals surface area contributed by atoms with E-state index in [-0.39, 0.29) is 11.6 Å². The van der Waals surface area contributed by atoms with Gasteiger partial charge in [0.25, 0.3) is 0 Å². The Labute approximate surface area is 101 Å². The number of carbonyl (C=O) groups excluding carboxylic acids is 1. The van der Waals surface area contributed by atoms with Crippen LogP contribution in [0.4, 0.5) is 4.39 Å². The molecule has 1 rings (SSSR count). The number of hydrogen-bond donors (Lipinski definition) is 0. The normalized spacial score (nSPS) is 10.4. The number of benzene rings is 1. The van der Waals surface area contributed by atoms with Gasteiger partial charge in [-0.15, -0.1) is 0 Å². The van der Waals surface area contributed by atoms with Crippen LogP contribution in [0.3, 0.4) is 0 Å². The van der Waals surface area contributed by atoms with Crippen molar-refractivity contribution in [3.63, 3.8) is 0 Å². The Morgan fingerprint density at radius 1 is 1.38 bits per heavy atom. The van der Waals surface area contributed by atoms with Crippen molar-refractivity contribution in [2.24, 2.45) is 0 Å². The van der Waals surface area contributed by atoms with Gasteiger partial charge in [-0.25, -0.2) is 4.39 Å². The Kier molecular flexibility index (Phi) is 5.47. The van der Waals surface area contributed by atoms with E-state index in [1.807, 2.05) is 6.92 Å². The molecular weight excluding hydrogens is 227 g/mol. The van der Waals surface area contributed by atoms with Crippen LogP contribution in [0, 0.1) is 5.82 Å². The van der Waals surface area contributed by atoms with Crippen LogP contribution in [0.25, 0.3) is 0 Å². The molecule has 0 aliphatic heterocycles. The maximum Gasteiger partial charge on any atom is 0.132 e. The first kappa shape index (κ1) is 13.2. The van der Waals surface area contributed by atoms with Gasteiger partial charge in [-0.1, -0.05) is 24.6 Å². The Morgan fingerprint density at radius 3 is 2.75 bits per heavy atom. The van der Waals surface area contributed by atoms with Gasteiger partial charge in [-0.3, -0.25) is 4.79 Å². The maximum absolute atomic E-state index is 13.4. The van der Waals surface area contributed by atoms with E-state index in [9.17, 15) is 9.18 Å². The minimum absolute atomic E-state index is 0.245. The molecule has 0 fully saturated rings. The highest BCUT2D eigenvalue weighted by atomic mass is 35.5. The van der Waals surface area contributed by atoms with E-state index < -0.39 is 0 Å². The van der Waals surface area contributed by atoms with Crippen molar-refractivity contribution in [3.05, 3.63) is 34.6 Å². The van der Waals surface area contributed by atoms with E-state index in [1.165, 1.54) is 6.07 Å². The van der Waals surface area contributed by atoms with Gasteiger partial charge in [-0.2, -0.15) is 0 Å². The Bertz CT molecular complexity index is 343. The molecule has 3 heteroatoms. The van der Waals surface area contributed by atoms with Crippen LogP contribution < -0.4 is 0 Å². The van der Waals surface area contributed by atoms with Gasteiger partial charge in [-0.05, 0) is 31.4 Å². The Hall–Kier alpha value is -0.890. The molecule has 0 atom stereocenters. The number of hydrogen-bond acceptors (Lipinski definition) is 1. The molecule has 0 aliphatic carbocycles. The molecule has 0 unspecified atom stereocenters. The number of carbonyl (C=O) groups is 1. The zero-order valence-electron chi connectivity index (χ0n) is 9.43. The number of halogens is 2. The highest BCUT2D eigenvalue weighted by Crippen LogP contribution is 2.21. The van der Waals surface area contributed by atoms with Crippen molar-refractivity contribution in [2.45, 2.75) is 39.0 Å². The van der Waals surface area contributed by atoms with Crippen LogP contribution in [0.5, 0.6) is 0 Å². The van der Waals surface area contributed by atoms with Gasteiger partial charge in [0.1, 0.15) is 11.6 Å². The van der Waals surface area contributed by atoms with E-state index in [2.05, 4.69) is 0 Å². The first-order valence-corrected chi connectivity index (χ1v) is 5.97. The average Bonchev–Trinajstić information content (AvgIpc) is 2.23. The minimum atomic E-state index is -0.282. The van der Waals surface area contributed by atoms with E-state index in [1.54, 1.807) is 12.1 Å². The van der Waals surface area contributed by atoms with Gasteiger partial charge in [0.15, 0.2) is 0 Å². The molecule has 0 saturated carbocycles. The number of rotatable bonds is 6. The molecule has 1 aromatic carbocycles. The first-order valence-electron chi connectivity index (χ1n) is 5.59. The first-order chi connectivity index (χ1) is 7.65. The maximum atomic E-state index is 13.4. The lowest BCUT2D eigenvalue weighted by atomic mass is 10.0. The van der Waals surface area contributed by atoms with E-state index in [0.717, 1.165) is 6.42 Å². The fraction of sp³-hybridized carbons (Fsp3) is 0.462. The second kappa shape index (κ2) is 6.64. The molecule has 0 heterocycles. The summed E-state index contributed by atoms with van der Waals surface area (Å²) in [6.07, 6.45) is 3.20. The summed E-state index contributed by atoms with van der Waals surface area (Å²) >= 11 is 5.88. The van der Waals surface area contributed by atoms with Crippen molar-refractivity contribution in [1.82, 2.24) is 0 Å². The quantitative estimate of drug-likeness (QED) is 0.732. The summed E-state index contributed by atoms with van der Waals surface area (Å²) in [5.74, 6) is -0.0367. The summed E-state index contributed by atoms with van der Waals surface area (Å²) in [6.45, 7) is 1.98. The SMILES string of the molecule is CCCC(=O)CCCc1c(F)cccc1Cl. The minimum Gasteiger partial charge on any atom is -0.300 e. The average molecular weight is 243 g/mol. The highest BCUT2D eigenvalue weighted by molar-refractivity contribution is 6.31. The molecule has 1 aromatic rings. The molecule has 0 N–H and O–H groups in total. The second-order valence-electron chi connectivity index (χ2n) is 3.84. The Balaban J connectivity index is 2.46. The van der Waals surface area contributed by atoms with E-state index >= 15 is 0 Å². The van der Waals surface area contributed by atoms with Crippen molar-refractivity contribution in [1.29, 1.82) is 0 Å². The van der Waals surface area contributed by atoms with Crippen LogP contribution in [-0.4, -0.2) is 5.78 Å². The van der Waals surface area contributed by atoms with Crippen LogP contribution >= 0.6 is 11.6 Å². The second-order valence-corrected chi connectivity index (χ2v) is 4.25. The molecule has 16 heavy (non-hydrogen) atoms. The summed E-state index contributed by atoms with van der Waals surface area (Å²) in [5, 5.41) is 0.447. The molecule has 1 nitrogen and oxygen atoms in total. The monoisotopic (exact) mass is 242 g/mol. The van der Waals surface area contributed by atoms with Gasteiger partial charge in [0, 0.05) is 23.4 Å². The summed E-state index contributed by atoms with van der Waals surface area (Å²) in [7, 11) is 0. The van der Waals surface area contributed by atoms with E-state index in [4.69, 9.17) is 11.6 Å². The lowest BCUT2D eigenvalue weighted by Crippen LogP contribution is -1.99. The van der Waals surface area contributed by atoms with Crippen LogP contribution in [0.1, 0.15) is 38.2 Å². The van der Waals surface area contributed by atoms with Crippen LogP contribution in [0.15, 0.2) is 18.2 Å². The van der Waals surface area contributed by atoms with Crippen molar-refractivity contribution in [3.8, 4) is 0 Å². The van der Waals surface area contributed by atoms with Crippen molar-refractivity contribution < 1.29 is 9.18 Å². The zero-order chi connectivity index (χ0) is 12.0. The lowest BCUT2D eigenvalue weighted by molar-refractivity contribution is -0.119.